The smallest absolute Gasteiger partial charge is 0.160 e. The fourth-order valence-corrected chi connectivity index (χ4v) is 9.14. The van der Waals surface area contributed by atoms with Crippen LogP contribution in [0.2, 0.25) is 0 Å². The van der Waals surface area contributed by atoms with Crippen molar-refractivity contribution in [2.45, 2.75) is 0 Å². The van der Waals surface area contributed by atoms with Gasteiger partial charge in [0.15, 0.2) is 5.82 Å². The molecular formula is C57H36N4. The van der Waals surface area contributed by atoms with Gasteiger partial charge in [0.25, 0.3) is 0 Å². The summed E-state index contributed by atoms with van der Waals surface area (Å²) in [6.07, 6.45) is 0. The number of rotatable bonds is 6. The van der Waals surface area contributed by atoms with Crippen molar-refractivity contribution in [2.24, 2.45) is 0 Å². The summed E-state index contributed by atoms with van der Waals surface area (Å²) in [4.78, 5) is 10.7. The van der Waals surface area contributed by atoms with Gasteiger partial charge in [-0.25, -0.2) is 14.5 Å². The Morgan fingerprint density at radius 3 is 1.49 bits per heavy atom. The topological polar surface area (TPSA) is 43.1 Å². The van der Waals surface area contributed by atoms with Gasteiger partial charge in [0.2, 0.25) is 0 Å². The summed E-state index contributed by atoms with van der Waals surface area (Å²) in [5, 5.41) is 15.2. The zero-order valence-corrected chi connectivity index (χ0v) is 33.1. The Morgan fingerprint density at radius 2 is 0.820 bits per heavy atom. The number of fused-ring (bicyclic) bond motifs is 9. The van der Waals surface area contributed by atoms with Gasteiger partial charge in [0, 0.05) is 38.8 Å². The molecule has 284 valence electrons. The monoisotopic (exact) mass is 776 g/mol. The van der Waals surface area contributed by atoms with E-state index in [1.807, 2.05) is 6.07 Å². The van der Waals surface area contributed by atoms with Crippen molar-refractivity contribution in [3.8, 4) is 67.5 Å². The molecule has 0 aliphatic rings. The molecule has 0 saturated heterocycles. The molecule has 0 aliphatic heterocycles. The van der Waals surface area contributed by atoms with Crippen LogP contribution in [-0.2, 0) is 0 Å². The Hall–Kier alpha value is -8.21. The maximum Gasteiger partial charge on any atom is 0.160 e. The van der Waals surface area contributed by atoms with Gasteiger partial charge in [-0.15, -0.1) is 0 Å². The van der Waals surface area contributed by atoms with Crippen molar-refractivity contribution in [3.05, 3.63) is 218 Å². The quantitative estimate of drug-likeness (QED) is 0.158. The molecule has 3 aromatic heterocycles. The molecule has 0 unspecified atom stereocenters. The Bertz CT molecular complexity index is 3600. The van der Waals surface area contributed by atoms with E-state index in [2.05, 4.69) is 217 Å². The van der Waals surface area contributed by atoms with Crippen molar-refractivity contribution in [2.75, 3.05) is 0 Å². The van der Waals surface area contributed by atoms with Crippen LogP contribution in [0.25, 0.3) is 116 Å². The third-order valence-corrected chi connectivity index (χ3v) is 12.0. The Kier molecular flexibility index (Phi) is 8.13. The normalized spacial score (nSPS) is 11.6. The second-order valence-electron chi connectivity index (χ2n) is 15.6. The molecule has 12 rings (SSSR count). The number of pyridine rings is 1. The summed E-state index contributed by atoms with van der Waals surface area (Å²) < 4.78 is 2.14. The predicted molar refractivity (Wildman–Crippen MR) is 253 cm³/mol. The molecule has 0 spiro atoms. The van der Waals surface area contributed by atoms with E-state index in [-0.39, 0.29) is 0 Å². The first-order chi connectivity index (χ1) is 30.2. The molecule has 61 heavy (non-hydrogen) atoms. The van der Waals surface area contributed by atoms with Gasteiger partial charge in [0.1, 0.15) is 5.69 Å². The van der Waals surface area contributed by atoms with Crippen LogP contribution in [0.5, 0.6) is 0 Å². The molecule has 0 aliphatic carbocycles. The van der Waals surface area contributed by atoms with Gasteiger partial charge in [-0.3, -0.25) is 0 Å². The molecule has 4 heteroatoms. The summed E-state index contributed by atoms with van der Waals surface area (Å²) in [5.74, 6) is 0.661. The second-order valence-corrected chi connectivity index (χ2v) is 15.6. The molecule has 0 saturated carbocycles. The highest BCUT2D eigenvalue weighted by Gasteiger charge is 2.22. The highest BCUT2D eigenvalue weighted by molar-refractivity contribution is 6.25. The van der Waals surface area contributed by atoms with E-state index >= 15 is 0 Å². The van der Waals surface area contributed by atoms with Crippen molar-refractivity contribution < 1.29 is 0 Å². The standard InChI is InChI=1S/C57H36N4/c1-4-17-37(18-5-1)51-36-52(41-31-32-49-47-29-13-12-27-45(47)46-28-14-15-30-48(46)50(49)34-41)59-57(58-51)43-25-16-24-42(33-43)54-55(39-21-8-3-9-22-39)60-61-53(38-19-6-2-7-20-38)35-40-23-10-11-26-44(40)56(54)61/h1-36H. The van der Waals surface area contributed by atoms with Gasteiger partial charge in [-0.1, -0.05) is 194 Å². The van der Waals surface area contributed by atoms with Crippen LogP contribution >= 0.6 is 0 Å². The number of nitrogens with zero attached hydrogens (tertiary/aromatic N) is 4. The van der Waals surface area contributed by atoms with Crippen LogP contribution in [0.15, 0.2) is 218 Å². The third kappa shape index (κ3) is 5.88. The average molecular weight is 777 g/mol. The highest BCUT2D eigenvalue weighted by atomic mass is 15.2. The van der Waals surface area contributed by atoms with Gasteiger partial charge < -0.3 is 0 Å². The van der Waals surface area contributed by atoms with E-state index in [1.54, 1.807) is 0 Å². The summed E-state index contributed by atoms with van der Waals surface area (Å²) in [5.41, 5.74) is 12.0. The lowest BCUT2D eigenvalue weighted by Crippen LogP contribution is -1.97. The molecular weight excluding hydrogens is 741 g/mol. The SMILES string of the molecule is c1ccc(-c2cc(-c3ccc4c5ccccc5c5ccccc5c4c3)nc(-c3cccc(-c4c(-c5ccccc5)nn5c(-c6ccccc6)cc6ccccc6c45)c3)n2)cc1. The van der Waals surface area contributed by atoms with Gasteiger partial charge in [-0.2, -0.15) is 5.10 Å². The van der Waals surface area contributed by atoms with E-state index in [1.165, 1.54) is 32.3 Å². The van der Waals surface area contributed by atoms with Crippen molar-refractivity contribution in [1.29, 1.82) is 0 Å². The molecule has 9 aromatic carbocycles. The lowest BCUT2D eigenvalue weighted by Gasteiger charge is -2.14. The Balaban J connectivity index is 1.09. The predicted octanol–water partition coefficient (Wildman–Crippen LogP) is 14.7. The van der Waals surface area contributed by atoms with E-state index in [9.17, 15) is 0 Å². The van der Waals surface area contributed by atoms with Crippen molar-refractivity contribution >= 4 is 48.6 Å². The Labute approximate surface area is 352 Å². The average Bonchev–Trinajstić information content (AvgIpc) is 3.76. The van der Waals surface area contributed by atoms with Crippen LogP contribution in [0.3, 0.4) is 0 Å². The summed E-state index contributed by atoms with van der Waals surface area (Å²) in [7, 11) is 0. The lowest BCUT2D eigenvalue weighted by atomic mass is 9.92. The van der Waals surface area contributed by atoms with Gasteiger partial charge in [0.05, 0.1) is 22.6 Å². The highest BCUT2D eigenvalue weighted by Crippen LogP contribution is 2.42. The Morgan fingerprint density at radius 1 is 0.311 bits per heavy atom. The van der Waals surface area contributed by atoms with Crippen LogP contribution in [0, 0.1) is 0 Å². The van der Waals surface area contributed by atoms with Crippen LogP contribution in [0.1, 0.15) is 0 Å². The zero-order valence-electron chi connectivity index (χ0n) is 33.1. The van der Waals surface area contributed by atoms with Crippen LogP contribution < -0.4 is 0 Å². The lowest BCUT2D eigenvalue weighted by molar-refractivity contribution is 0.979. The number of hydrogen-bond acceptors (Lipinski definition) is 3. The van der Waals surface area contributed by atoms with Crippen LogP contribution in [0.4, 0.5) is 0 Å². The molecule has 0 atom stereocenters. The van der Waals surface area contributed by atoms with E-state index in [0.29, 0.717) is 5.82 Å². The molecule has 0 amide bonds. The largest absolute Gasteiger partial charge is 0.231 e. The first kappa shape index (κ1) is 34.8. The number of benzene rings is 9. The molecule has 0 radical (unpaired) electrons. The van der Waals surface area contributed by atoms with Crippen LogP contribution in [-0.4, -0.2) is 19.6 Å². The zero-order chi connectivity index (χ0) is 40.3. The molecule has 0 N–H and O–H groups in total. The molecule has 3 heterocycles. The summed E-state index contributed by atoms with van der Waals surface area (Å²) in [6.45, 7) is 0. The van der Waals surface area contributed by atoms with Gasteiger partial charge in [-0.05, 0) is 67.5 Å². The minimum absolute atomic E-state index is 0.661. The minimum atomic E-state index is 0.661. The maximum absolute atomic E-state index is 5.45. The first-order valence-electron chi connectivity index (χ1n) is 20.7. The summed E-state index contributed by atoms with van der Waals surface area (Å²) in [6, 6.07) is 77.3. The third-order valence-electron chi connectivity index (χ3n) is 12.0. The maximum atomic E-state index is 5.45. The fraction of sp³-hybridized carbons (Fsp3) is 0. The number of aromatic nitrogens is 4. The van der Waals surface area contributed by atoms with Gasteiger partial charge >= 0.3 is 0 Å². The van der Waals surface area contributed by atoms with Crippen molar-refractivity contribution in [1.82, 2.24) is 19.6 Å². The fourth-order valence-electron chi connectivity index (χ4n) is 9.14. The minimum Gasteiger partial charge on any atom is -0.231 e. The molecule has 4 nitrogen and oxygen atoms in total. The van der Waals surface area contributed by atoms with E-state index < -0.39 is 0 Å². The second kappa shape index (κ2) is 14.3. The summed E-state index contributed by atoms with van der Waals surface area (Å²) >= 11 is 0. The first-order valence-corrected chi connectivity index (χ1v) is 20.7. The molecule has 12 aromatic rings. The molecule has 0 fully saturated rings. The van der Waals surface area contributed by atoms with E-state index in [0.717, 1.165) is 78.0 Å². The number of hydrogen-bond donors (Lipinski definition) is 0. The van der Waals surface area contributed by atoms with E-state index in [4.69, 9.17) is 15.1 Å². The van der Waals surface area contributed by atoms with Crippen molar-refractivity contribution in [3.63, 3.8) is 0 Å². The molecule has 0 bridgehead atoms.